The molecule has 2 N–H and O–H groups in total. The monoisotopic (exact) mass is 619 g/mol. The molecule has 44 heavy (non-hydrogen) atoms. The lowest BCUT2D eigenvalue weighted by Gasteiger charge is -2.38. The smallest absolute Gasteiger partial charge is 0.260 e. The quantitative estimate of drug-likeness (QED) is 0.503. The van der Waals surface area contributed by atoms with Crippen LogP contribution in [0.4, 0.5) is 13.2 Å². The van der Waals surface area contributed by atoms with Gasteiger partial charge in [0.2, 0.25) is 23.6 Å². The van der Waals surface area contributed by atoms with Crippen LogP contribution in [0.2, 0.25) is 0 Å². The zero-order valence-corrected chi connectivity index (χ0v) is 24.7. The van der Waals surface area contributed by atoms with Gasteiger partial charge in [0.1, 0.15) is 24.0 Å². The Morgan fingerprint density at radius 3 is 2.32 bits per heavy atom. The van der Waals surface area contributed by atoms with Gasteiger partial charge in [0.15, 0.2) is 6.61 Å². The fourth-order valence-electron chi connectivity index (χ4n) is 7.39. The number of carbonyl (C=O) groups is 4. The van der Waals surface area contributed by atoms with Crippen molar-refractivity contribution >= 4 is 23.6 Å². The Balaban J connectivity index is 1.19. The molecule has 0 radical (unpaired) electrons. The van der Waals surface area contributed by atoms with Crippen LogP contribution < -0.4 is 15.4 Å². The number of nitrogens with one attached hydrogen (secondary N) is 2. The normalized spacial score (nSPS) is 31.3. The number of alkyl halides is 3. The first-order valence-electron chi connectivity index (χ1n) is 15.7. The zero-order chi connectivity index (χ0) is 31.0. The molecule has 4 amide bonds. The summed E-state index contributed by atoms with van der Waals surface area (Å²) in [5.74, 6) is -3.72. The van der Waals surface area contributed by atoms with E-state index in [4.69, 9.17) is 4.74 Å². The van der Waals surface area contributed by atoms with Crippen LogP contribution >= 0.6 is 0 Å². The Labute approximate surface area is 254 Å². The van der Waals surface area contributed by atoms with Crippen molar-refractivity contribution in [1.82, 2.24) is 25.3 Å². The Hall–Kier alpha value is -3.35. The molecule has 1 saturated carbocycles. The molecule has 13 heteroatoms. The Kier molecular flexibility index (Phi) is 8.76. The minimum atomic E-state index is -2.72. The third-order valence-electron chi connectivity index (χ3n) is 9.78. The number of amides is 4. The first-order valence-corrected chi connectivity index (χ1v) is 15.7. The number of nitrogens with zero attached hydrogens (tertiary/aromatic N) is 3. The van der Waals surface area contributed by atoms with Crippen molar-refractivity contribution in [3.8, 4) is 5.75 Å². The summed E-state index contributed by atoms with van der Waals surface area (Å²) in [6.45, 7) is 1.49. The number of hydrogen-bond donors (Lipinski definition) is 2. The van der Waals surface area contributed by atoms with Crippen LogP contribution in [0.5, 0.6) is 5.75 Å². The average molecular weight is 620 g/mol. The zero-order valence-electron chi connectivity index (χ0n) is 24.7. The van der Waals surface area contributed by atoms with Crippen molar-refractivity contribution in [2.45, 2.75) is 100 Å². The fourth-order valence-corrected chi connectivity index (χ4v) is 7.39. The minimum absolute atomic E-state index is 0.0715. The molecular weight excluding hydrogens is 579 g/mol. The van der Waals surface area contributed by atoms with E-state index in [1.54, 1.807) is 29.2 Å². The van der Waals surface area contributed by atoms with E-state index in [0.717, 1.165) is 25.9 Å². The summed E-state index contributed by atoms with van der Waals surface area (Å²) in [5, 5.41) is 5.81. The van der Waals surface area contributed by atoms with Crippen molar-refractivity contribution in [1.29, 1.82) is 0 Å². The summed E-state index contributed by atoms with van der Waals surface area (Å²) in [6, 6.07) is 3.44. The highest BCUT2D eigenvalue weighted by Crippen LogP contribution is 2.38. The molecule has 0 aromatic heterocycles. The van der Waals surface area contributed by atoms with E-state index in [2.05, 4.69) is 10.6 Å². The van der Waals surface area contributed by atoms with Gasteiger partial charge in [-0.1, -0.05) is 12.1 Å². The molecule has 6 rings (SSSR count). The third kappa shape index (κ3) is 6.67. The molecule has 5 atom stereocenters. The van der Waals surface area contributed by atoms with Gasteiger partial charge in [-0.3, -0.25) is 24.1 Å². The molecule has 0 spiro atoms. The molecule has 1 unspecified atom stereocenters. The topological polar surface area (TPSA) is 111 Å². The Morgan fingerprint density at radius 1 is 0.932 bits per heavy atom. The summed E-state index contributed by atoms with van der Waals surface area (Å²) in [6.07, 6.45) is 0.793. The van der Waals surface area contributed by atoms with Crippen molar-refractivity contribution in [3.05, 3.63) is 29.8 Å². The van der Waals surface area contributed by atoms with Crippen LogP contribution in [0.15, 0.2) is 24.3 Å². The Morgan fingerprint density at radius 2 is 1.61 bits per heavy atom. The van der Waals surface area contributed by atoms with E-state index < -0.39 is 54.0 Å². The highest BCUT2D eigenvalue weighted by atomic mass is 19.3. The van der Waals surface area contributed by atoms with Crippen LogP contribution in [-0.2, 0) is 25.6 Å². The summed E-state index contributed by atoms with van der Waals surface area (Å²) < 4.78 is 48.1. The average Bonchev–Trinajstić information content (AvgIpc) is 3.76. The highest BCUT2D eigenvalue weighted by molar-refractivity contribution is 5.94. The van der Waals surface area contributed by atoms with Gasteiger partial charge in [-0.05, 0) is 49.8 Å². The SMILES string of the molecule is O=C1N[C@H]2C[C@@H](C(=O)NC(Cc3ccc(OCC(=O)N4CCCC4)cc3)C(=O)N3C[C@@H](F)C[C@@H]13)N(C1CCC(F)(F)CC1)C2. The largest absolute Gasteiger partial charge is 0.484 e. The minimum Gasteiger partial charge on any atom is -0.484 e. The number of carbonyl (C=O) groups excluding carboxylic acids is 4. The number of hydrogen-bond acceptors (Lipinski definition) is 6. The molecule has 2 bridgehead atoms. The van der Waals surface area contributed by atoms with Gasteiger partial charge < -0.3 is 25.2 Å². The van der Waals surface area contributed by atoms with Crippen LogP contribution in [0, 0.1) is 0 Å². The van der Waals surface area contributed by atoms with Crippen molar-refractivity contribution in [2.75, 3.05) is 32.8 Å². The lowest BCUT2D eigenvalue weighted by molar-refractivity contribution is -0.142. The van der Waals surface area contributed by atoms with Crippen molar-refractivity contribution in [2.24, 2.45) is 0 Å². The molecule has 10 nitrogen and oxygen atoms in total. The number of rotatable bonds is 6. The predicted molar refractivity (Wildman–Crippen MR) is 153 cm³/mol. The molecular formula is C31H40F3N5O5. The van der Waals surface area contributed by atoms with E-state index in [9.17, 15) is 32.3 Å². The molecule has 5 aliphatic rings. The second kappa shape index (κ2) is 12.6. The standard InChI is InChI=1S/C31H40F3N5O5/c32-20-14-25-28(41)35-21-15-26(38(17-21)22-7-9-31(33,34)10-8-22)29(42)36-24(30(43)39(25)16-20)13-19-3-5-23(6-4-19)44-18-27(40)37-11-1-2-12-37/h3-6,20-22,24-26H,1-2,7-18H2,(H,35,41)(H,36,42)/t20-,21-,24?,25-,26-/m0/s1. The van der Waals surface area contributed by atoms with Crippen molar-refractivity contribution in [3.63, 3.8) is 0 Å². The Bertz CT molecular complexity index is 1250. The highest BCUT2D eigenvalue weighted by Gasteiger charge is 2.48. The summed E-state index contributed by atoms with van der Waals surface area (Å²) in [7, 11) is 0. The van der Waals surface area contributed by atoms with Gasteiger partial charge >= 0.3 is 0 Å². The fraction of sp³-hybridized carbons (Fsp3) is 0.677. The number of likely N-dealkylation sites (tertiary alicyclic amines) is 2. The van der Waals surface area contributed by atoms with E-state index in [1.165, 1.54) is 4.90 Å². The van der Waals surface area contributed by atoms with Crippen LogP contribution in [0.1, 0.15) is 56.9 Å². The molecule has 4 heterocycles. The second-order valence-electron chi connectivity index (χ2n) is 12.9. The maximum Gasteiger partial charge on any atom is 0.260 e. The van der Waals surface area contributed by atoms with Gasteiger partial charge in [0.25, 0.3) is 5.91 Å². The number of ether oxygens (including phenoxy) is 1. The van der Waals surface area contributed by atoms with Crippen molar-refractivity contribution < 1.29 is 37.1 Å². The molecule has 240 valence electrons. The van der Waals surface area contributed by atoms with Gasteiger partial charge in [-0.2, -0.15) is 0 Å². The first kappa shape index (κ1) is 30.7. The van der Waals surface area contributed by atoms with Gasteiger partial charge in [0.05, 0.1) is 12.6 Å². The lowest BCUT2D eigenvalue weighted by atomic mass is 9.90. The molecule has 1 aromatic rings. The van der Waals surface area contributed by atoms with Crippen LogP contribution in [-0.4, -0.2) is 113 Å². The maximum atomic E-state index is 14.6. The summed E-state index contributed by atoms with van der Waals surface area (Å²) >= 11 is 0. The van der Waals surface area contributed by atoms with Gasteiger partial charge in [-0.15, -0.1) is 0 Å². The van der Waals surface area contributed by atoms with E-state index >= 15 is 0 Å². The summed E-state index contributed by atoms with van der Waals surface area (Å²) in [5.41, 5.74) is 0.699. The van der Waals surface area contributed by atoms with Gasteiger partial charge in [0, 0.05) is 57.4 Å². The van der Waals surface area contributed by atoms with Crippen LogP contribution in [0.25, 0.3) is 0 Å². The predicted octanol–water partition coefficient (Wildman–Crippen LogP) is 1.80. The first-order chi connectivity index (χ1) is 21.1. The van der Waals surface area contributed by atoms with E-state index in [-0.39, 0.29) is 70.0 Å². The molecule has 4 saturated heterocycles. The number of halogens is 3. The lowest BCUT2D eigenvalue weighted by Crippen LogP contribution is -2.58. The third-order valence-corrected chi connectivity index (χ3v) is 9.78. The maximum absolute atomic E-state index is 14.6. The second-order valence-corrected chi connectivity index (χ2v) is 12.9. The van der Waals surface area contributed by atoms with E-state index in [0.29, 0.717) is 17.9 Å². The number of fused-ring (bicyclic) bond motifs is 3. The summed E-state index contributed by atoms with van der Waals surface area (Å²) in [4.78, 5) is 58.1. The molecule has 1 aromatic carbocycles. The molecule has 4 aliphatic heterocycles. The number of benzene rings is 1. The molecule has 1 aliphatic carbocycles. The molecule has 5 fully saturated rings. The van der Waals surface area contributed by atoms with Crippen LogP contribution in [0.3, 0.4) is 0 Å². The van der Waals surface area contributed by atoms with Gasteiger partial charge in [-0.25, -0.2) is 13.2 Å². The van der Waals surface area contributed by atoms with E-state index in [1.807, 2.05) is 4.90 Å².